The highest BCUT2D eigenvalue weighted by Gasteiger charge is 2.28. The first-order valence-electron chi connectivity index (χ1n) is 10.1. The van der Waals surface area contributed by atoms with Crippen molar-refractivity contribution in [2.45, 2.75) is 26.3 Å². The molecule has 1 aromatic heterocycles. The van der Waals surface area contributed by atoms with E-state index in [1.807, 2.05) is 13.8 Å². The van der Waals surface area contributed by atoms with Crippen molar-refractivity contribution in [3.63, 3.8) is 0 Å². The summed E-state index contributed by atoms with van der Waals surface area (Å²) in [5.41, 5.74) is 1.00. The van der Waals surface area contributed by atoms with Gasteiger partial charge in [-0.05, 0) is 30.2 Å². The molecule has 0 unspecified atom stereocenters. The molecule has 1 amide bonds. The lowest BCUT2D eigenvalue weighted by Gasteiger charge is -2.21. The number of nitrogens with one attached hydrogen (secondary N) is 1. The van der Waals surface area contributed by atoms with Crippen LogP contribution in [-0.2, 0) is 0 Å². The van der Waals surface area contributed by atoms with E-state index < -0.39 is 6.04 Å². The number of carbonyl (C=O) groups excluding carboxylic acids is 1. The molecule has 0 radical (unpaired) electrons. The Labute approximate surface area is 191 Å². The average molecular weight is 460 g/mol. The molecule has 1 heterocycles. The Morgan fingerprint density at radius 3 is 2.34 bits per heavy atom. The monoisotopic (exact) mass is 459 g/mol. The molecule has 0 aliphatic heterocycles. The Bertz CT molecular complexity index is 1060. The van der Waals surface area contributed by atoms with E-state index in [0.29, 0.717) is 45.1 Å². The highest BCUT2D eigenvalue weighted by atomic mass is 35.5. The van der Waals surface area contributed by atoms with Crippen LogP contribution in [-0.4, -0.2) is 37.4 Å². The third-order valence-electron chi connectivity index (χ3n) is 5.25. The van der Waals surface area contributed by atoms with E-state index in [4.69, 9.17) is 30.3 Å². The molecule has 0 saturated heterocycles. The third kappa shape index (κ3) is 4.80. The lowest BCUT2D eigenvalue weighted by molar-refractivity contribution is 0.0910. The van der Waals surface area contributed by atoms with Crippen molar-refractivity contribution in [2.75, 3.05) is 21.3 Å². The van der Waals surface area contributed by atoms with Crippen LogP contribution >= 0.6 is 11.6 Å². The predicted molar refractivity (Wildman–Crippen MR) is 121 cm³/mol. The van der Waals surface area contributed by atoms with Crippen LogP contribution in [0, 0.1) is 5.92 Å². The number of benzene rings is 2. The Kier molecular flexibility index (Phi) is 7.58. The number of nitrogens with zero attached hydrogens (tertiary/aromatic N) is 2. The van der Waals surface area contributed by atoms with Crippen LogP contribution in [0.5, 0.6) is 17.2 Å². The first-order valence-corrected chi connectivity index (χ1v) is 10.5. The fourth-order valence-corrected chi connectivity index (χ4v) is 3.46. The zero-order chi connectivity index (χ0) is 23.3. The molecule has 8 nitrogen and oxygen atoms in total. The van der Waals surface area contributed by atoms with Crippen LogP contribution in [0.1, 0.15) is 42.6 Å². The summed E-state index contributed by atoms with van der Waals surface area (Å²) in [4.78, 5) is 17.4. The Morgan fingerprint density at radius 2 is 1.78 bits per heavy atom. The van der Waals surface area contributed by atoms with Gasteiger partial charge in [-0.25, -0.2) is 0 Å². The molecule has 9 heteroatoms. The number of hydrogen-bond donors (Lipinski definition) is 1. The van der Waals surface area contributed by atoms with Gasteiger partial charge in [0.1, 0.15) is 6.04 Å². The average Bonchev–Trinajstić information content (AvgIpc) is 3.31. The molecule has 3 aromatic rings. The van der Waals surface area contributed by atoms with Gasteiger partial charge in [0, 0.05) is 5.56 Å². The molecule has 0 spiro atoms. The quantitative estimate of drug-likeness (QED) is 0.484. The summed E-state index contributed by atoms with van der Waals surface area (Å²) in [5.74, 6) is 1.76. The van der Waals surface area contributed by atoms with E-state index in [-0.39, 0.29) is 11.8 Å². The molecule has 2 atom stereocenters. The van der Waals surface area contributed by atoms with Crippen molar-refractivity contribution < 1.29 is 23.5 Å². The normalized spacial score (nSPS) is 12.7. The van der Waals surface area contributed by atoms with Crippen molar-refractivity contribution in [2.24, 2.45) is 5.92 Å². The van der Waals surface area contributed by atoms with Gasteiger partial charge in [-0.15, -0.1) is 0 Å². The zero-order valence-corrected chi connectivity index (χ0v) is 19.4. The number of methoxy groups -OCH3 is 3. The zero-order valence-electron chi connectivity index (χ0n) is 18.6. The van der Waals surface area contributed by atoms with Gasteiger partial charge in [-0.1, -0.05) is 49.2 Å². The number of hydrogen-bond acceptors (Lipinski definition) is 7. The molecule has 0 saturated carbocycles. The van der Waals surface area contributed by atoms with Crippen molar-refractivity contribution >= 4 is 17.5 Å². The largest absolute Gasteiger partial charge is 0.493 e. The van der Waals surface area contributed by atoms with Crippen molar-refractivity contribution in [1.29, 1.82) is 0 Å². The Morgan fingerprint density at radius 1 is 1.12 bits per heavy atom. The standard InChI is InChI=1S/C23H26ClN3O5/c1-6-13(2)19(25-22(28)15-9-7-8-10-16(15)24)23-26-21(27-32-23)14-11-17(29-3)20(31-5)18(12-14)30-4/h7-13,19H,6H2,1-5H3,(H,25,28)/t13-,19-/m0/s1. The molecular weight excluding hydrogens is 434 g/mol. The van der Waals surface area contributed by atoms with Gasteiger partial charge in [0.05, 0.1) is 31.9 Å². The van der Waals surface area contributed by atoms with Crippen LogP contribution in [0.15, 0.2) is 40.9 Å². The van der Waals surface area contributed by atoms with E-state index >= 15 is 0 Å². The van der Waals surface area contributed by atoms with E-state index in [2.05, 4.69) is 15.5 Å². The number of rotatable bonds is 9. The molecule has 3 rings (SSSR count). The second-order valence-corrected chi connectivity index (χ2v) is 7.59. The molecule has 2 aromatic carbocycles. The van der Waals surface area contributed by atoms with Gasteiger partial charge in [-0.3, -0.25) is 4.79 Å². The van der Waals surface area contributed by atoms with Gasteiger partial charge in [0.25, 0.3) is 5.91 Å². The van der Waals surface area contributed by atoms with Crippen LogP contribution in [0.2, 0.25) is 5.02 Å². The highest BCUT2D eigenvalue weighted by molar-refractivity contribution is 6.33. The SMILES string of the molecule is CC[C@H](C)[C@H](NC(=O)c1ccccc1Cl)c1nc(-c2cc(OC)c(OC)c(OC)c2)no1. The fraction of sp³-hybridized carbons (Fsp3) is 0.348. The van der Waals surface area contributed by atoms with Crippen LogP contribution < -0.4 is 19.5 Å². The minimum absolute atomic E-state index is 0.0367. The number of halogens is 1. The number of amides is 1. The topological polar surface area (TPSA) is 95.7 Å². The maximum atomic E-state index is 12.9. The second-order valence-electron chi connectivity index (χ2n) is 7.19. The molecule has 170 valence electrons. The molecule has 32 heavy (non-hydrogen) atoms. The summed E-state index contributed by atoms with van der Waals surface area (Å²) in [6.07, 6.45) is 0.787. The number of carbonyl (C=O) groups is 1. The van der Waals surface area contributed by atoms with E-state index in [1.54, 1.807) is 36.4 Å². The summed E-state index contributed by atoms with van der Waals surface area (Å²) in [5, 5.41) is 7.46. The lowest BCUT2D eigenvalue weighted by Crippen LogP contribution is -2.33. The summed E-state index contributed by atoms with van der Waals surface area (Å²) in [6, 6.07) is 9.84. The first kappa shape index (κ1) is 23.4. The number of ether oxygens (including phenoxy) is 3. The summed E-state index contributed by atoms with van der Waals surface area (Å²) in [6.45, 7) is 4.02. The molecule has 0 fully saturated rings. The maximum Gasteiger partial charge on any atom is 0.253 e. The third-order valence-corrected chi connectivity index (χ3v) is 5.58. The molecular formula is C23H26ClN3O5. The van der Waals surface area contributed by atoms with Gasteiger partial charge in [0.15, 0.2) is 11.5 Å². The highest BCUT2D eigenvalue weighted by Crippen LogP contribution is 2.40. The molecule has 0 aliphatic rings. The lowest BCUT2D eigenvalue weighted by atomic mass is 9.98. The first-order chi connectivity index (χ1) is 15.4. The van der Waals surface area contributed by atoms with E-state index in [0.717, 1.165) is 6.42 Å². The van der Waals surface area contributed by atoms with Crippen LogP contribution in [0.25, 0.3) is 11.4 Å². The smallest absolute Gasteiger partial charge is 0.253 e. The Balaban J connectivity index is 1.94. The van der Waals surface area contributed by atoms with Gasteiger partial charge < -0.3 is 24.1 Å². The number of aromatic nitrogens is 2. The van der Waals surface area contributed by atoms with Gasteiger partial charge in [-0.2, -0.15) is 4.98 Å². The predicted octanol–water partition coefficient (Wildman–Crippen LogP) is 4.93. The molecule has 1 N–H and O–H groups in total. The van der Waals surface area contributed by atoms with Crippen LogP contribution in [0.4, 0.5) is 0 Å². The van der Waals surface area contributed by atoms with Gasteiger partial charge >= 0.3 is 0 Å². The van der Waals surface area contributed by atoms with Crippen molar-refractivity contribution in [1.82, 2.24) is 15.5 Å². The van der Waals surface area contributed by atoms with Gasteiger partial charge in [0.2, 0.25) is 17.5 Å². The second kappa shape index (κ2) is 10.4. The van der Waals surface area contributed by atoms with Crippen molar-refractivity contribution in [3.05, 3.63) is 52.9 Å². The minimum atomic E-state index is -0.493. The summed E-state index contributed by atoms with van der Waals surface area (Å²) in [7, 11) is 4.60. The summed E-state index contributed by atoms with van der Waals surface area (Å²) >= 11 is 6.18. The fourth-order valence-electron chi connectivity index (χ4n) is 3.24. The van der Waals surface area contributed by atoms with Crippen molar-refractivity contribution in [3.8, 4) is 28.6 Å². The minimum Gasteiger partial charge on any atom is -0.493 e. The van der Waals surface area contributed by atoms with E-state index in [9.17, 15) is 4.79 Å². The molecule has 0 bridgehead atoms. The maximum absolute atomic E-state index is 12.9. The van der Waals surface area contributed by atoms with E-state index in [1.165, 1.54) is 21.3 Å². The Hall–Kier alpha value is -3.26. The molecule has 0 aliphatic carbocycles. The van der Waals surface area contributed by atoms with Crippen LogP contribution in [0.3, 0.4) is 0 Å². The summed E-state index contributed by atoms with van der Waals surface area (Å²) < 4.78 is 21.7.